The highest BCUT2D eigenvalue weighted by Gasteiger charge is 2.31. The summed E-state index contributed by atoms with van der Waals surface area (Å²) in [6.07, 6.45) is 3.24. The molecule has 2 aliphatic rings. The smallest absolute Gasteiger partial charge is 0.355 e. The Balaban J connectivity index is 1.60. The third kappa shape index (κ3) is 4.19. The number of nitrogens with two attached hydrogens (primary N) is 1. The molecule has 1 aliphatic carbocycles. The molecule has 24 heavy (non-hydrogen) atoms. The van der Waals surface area contributed by atoms with E-state index in [-0.39, 0.29) is 6.04 Å². The molecule has 1 aromatic rings. The number of piperidine rings is 1. The molecule has 0 amide bonds. The maximum Gasteiger partial charge on any atom is 0.417 e. The molecule has 3 atom stereocenters. The molecular weight excluding hydrogens is 317 g/mol. The molecule has 2 heterocycles. The van der Waals surface area contributed by atoms with Crippen molar-refractivity contribution in [3.05, 3.63) is 23.9 Å². The number of pyridine rings is 1. The zero-order valence-electron chi connectivity index (χ0n) is 13.7. The zero-order chi connectivity index (χ0) is 17.2. The summed E-state index contributed by atoms with van der Waals surface area (Å²) in [5, 5.41) is 3.67. The second-order valence-corrected chi connectivity index (χ2v) is 6.91. The standard InChI is InChI=1S/C17H25F3N4/c18-17(19,20)12-7-8-16(22-10-12)24-9-3-4-13(11-24)23-15-6-2-1-5-14(15)21/h7-8,10,13-15,23H,1-6,9,11,21H2/t13-,14?,15?/m0/s1. The second kappa shape index (κ2) is 7.27. The molecular formula is C17H25F3N4. The highest BCUT2D eigenvalue weighted by atomic mass is 19.4. The quantitative estimate of drug-likeness (QED) is 0.887. The average molecular weight is 342 g/mol. The monoisotopic (exact) mass is 342 g/mol. The maximum absolute atomic E-state index is 12.6. The van der Waals surface area contributed by atoms with Gasteiger partial charge in [-0.15, -0.1) is 0 Å². The van der Waals surface area contributed by atoms with Crippen molar-refractivity contribution in [3.8, 4) is 0 Å². The van der Waals surface area contributed by atoms with Gasteiger partial charge in [0.2, 0.25) is 0 Å². The molecule has 7 heteroatoms. The number of rotatable bonds is 3. The van der Waals surface area contributed by atoms with Crippen molar-refractivity contribution in [1.29, 1.82) is 0 Å². The van der Waals surface area contributed by atoms with Crippen LogP contribution in [0.15, 0.2) is 18.3 Å². The summed E-state index contributed by atoms with van der Waals surface area (Å²) in [6, 6.07) is 3.45. The van der Waals surface area contributed by atoms with E-state index >= 15 is 0 Å². The fourth-order valence-corrected chi connectivity index (χ4v) is 3.73. The van der Waals surface area contributed by atoms with Gasteiger partial charge < -0.3 is 16.0 Å². The van der Waals surface area contributed by atoms with E-state index in [0.717, 1.165) is 51.0 Å². The first-order valence-electron chi connectivity index (χ1n) is 8.73. The summed E-state index contributed by atoms with van der Waals surface area (Å²) in [6.45, 7) is 1.59. The number of halogens is 3. The lowest BCUT2D eigenvalue weighted by molar-refractivity contribution is -0.137. The van der Waals surface area contributed by atoms with Gasteiger partial charge in [0.25, 0.3) is 0 Å². The van der Waals surface area contributed by atoms with E-state index in [2.05, 4.69) is 15.2 Å². The van der Waals surface area contributed by atoms with Crippen molar-refractivity contribution >= 4 is 5.82 Å². The van der Waals surface area contributed by atoms with E-state index < -0.39 is 11.7 Å². The first-order valence-corrected chi connectivity index (χ1v) is 8.73. The predicted molar refractivity (Wildman–Crippen MR) is 87.8 cm³/mol. The van der Waals surface area contributed by atoms with E-state index in [1.165, 1.54) is 18.9 Å². The van der Waals surface area contributed by atoms with Crippen molar-refractivity contribution in [2.45, 2.75) is 62.8 Å². The minimum Gasteiger partial charge on any atom is -0.355 e. The minimum absolute atomic E-state index is 0.207. The molecule has 2 unspecified atom stereocenters. The lowest BCUT2D eigenvalue weighted by Gasteiger charge is -2.38. The van der Waals surface area contributed by atoms with E-state index in [0.29, 0.717) is 17.9 Å². The molecule has 1 saturated carbocycles. The molecule has 0 aromatic carbocycles. The van der Waals surface area contributed by atoms with Crippen molar-refractivity contribution in [2.24, 2.45) is 5.73 Å². The van der Waals surface area contributed by atoms with Gasteiger partial charge in [0, 0.05) is 37.4 Å². The Morgan fingerprint density at radius 3 is 2.58 bits per heavy atom. The lowest BCUT2D eigenvalue weighted by atomic mass is 9.90. The number of nitrogens with one attached hydrogen (secondary N) is 1. The summed E-state index contributed by atoms with van der Waals surface area (Å²) in [5.41, 5.74) is 5.50. The van der Waals surface area contributed by atoms with Gasteiger partial charge in [0.15, 0.2) is 0 Å². The number of alkyl halides is 3. The van der Waals surface area contributed by atoms with Crippen molar-refractivity contribution in [3.63, 3.8) is 0 Å². The molecule has 3 rings (SSSR count). The van der Waals surface area contributed by atoms with Gasteiger partial charge in [-0.05, 0) is 37.8 Å². The number of aromatic nitrogens is 1. The van der Waals surface area contributed by atoms with Crippen LogP contribution in [0.4, 0.5) is 19.0 Å². The Kier molecular flexibility index (Phi) is 5.30. The van der Waals surface area contributed by atoms with Gasteiger partial charge in [0.1, 0.15) is 5.82 Å². The molecule has 0 radical (unpaired) electrons. The van der Waals surface area contributed by atoms with Crippen molar-refractivity contribution in [1.82, 2.24) is 10.3 Å². The minimum atomic E-state index is -4.34. The zero-order valence-corrected chi connectivity index (χ0v) is 13.7. The summed E-state index contributed by atoms with van der Waals surface area (Å²) in [7, 11) is 0. The molecule has 4 nitrogen and oxygen atoms in total. The maximum atomic E-state index is 12.6. The van der Waals surface area contributed by atoms with Crippen LogP contribution in [-0.4, -0.2) is 36.2 Å². The topological polar surface area (TPSA) is 54.2 Å². The molecule has 3 N–H and O–H groups in total. The lowest BCUT2D eigenvalue weighted by Crippen LogP contribution is -2.55. The van der Waals surface area contributed by atoms with Crippen molar-refractivity contribution in [2.75, 3.05) is 18.0 Å². The Morgan fingerprint density at radius 1 is 1.12 bits per heavy atom. The normalized spacial score (nSPS) is 28.8. The number of hydrogen-bond donors (Lipinski definition) is 2. The van der Waals surface area contributed by atoms with Crippen LogP contribution in [0.1, 0.15) is 44.1 Å². The molecule has 134 valence electrons. The Hall–Kier alpha value is -1.34. The van der Waals surface area contributed by atoms with Gasteiger partial charge >= 0.3 is 6.18 Å². The van der Waals surface area contributed by atoms with Crippen LogP contribution in [0.3, 0.4) is 0 Å². The highest BCUT2D eigenvalue weighted by Crippen LogP contribution is 2.30. The number of hydrogen-bond acceptors (Lipinski definition) is 4. The first-order chi connectivity index (χ1) is 11.4. The van der Waals surface area contributed by atoms with Gasteiger partial charge in [-0.3, -0.25) is 0 Å². The van der Waals surface area contributed by atoms with E-state index in [1.807, 2.05) is 0 Å². The molecule has 1 aliphatic heterocycles. The van der Waals surface area contributed by atoms with Crippen LogP contribution < -0.4 is 16.0 Å². The number of nitrogens with zero attached hydrogens (tertiary/aromatic N) is 2. The van der Waals surface area contributed by atoms with Gasteiger partial charge in [-0.1, -0.05) is 12.8 Å². The molecule has 0 spiro atoms. The third-order valence-electron chi connectivity index (χ3n) is 5.09. The second-order valence-electron chi connectivity index (χ2n) is 6.91. The fraction of sp³-hybridized carbons (Fsp3) is 0.706. The molecule has 2 fully saturated rings. The number of anilines is 1. The molecule has 0 bridgehead atoms. The van der Waals surface area contributed by atoms with Gasteiger partial charge in [-0.2, -0.15) is 13.2 Å². The summed E-state index contributed by atoms with van der Waals surface area (Å²) in [5.74, 6) is 0.613. The molecule has 1 saturated heterocycles. The fourth-order valence-electron chi connectivity index (χ4n) is 3.73. The Labute approximate surface area is 140 Å². The third-order valence-corrected chi connectivity index (χ3v) is 5.09. The van der Waals surface area contributed by atoms with Crippen LogP contribution in [-0.2, 0) is 6.18 Å². The van der Waals surface area contributed by atoms with Crippen LogP contribution in [0.25, 0.3) is 0 Å². The largest absolute Gasteiger partial charge is 0.417 e. The van der Waals surface area contributed by atoms with E-state index in [9.17, 15) is 13.2 Å². The summed E-state index contributed by atoms with van der Waals surface area (Å²) < 4.78 is 37.9. The Morgan fingerprint density at radius 2 is 1.92 bits per heavy atom. The summed E-state index contributed by atoms with van der Waals surface area (Å²) >= 11 is 0. The van der Waals surface area contributed by atoms with Crippen LogP contribution in [0.5, 0.6) is 0 Å². The van der Waals surface area contributed by atoms with Crippen molar-refractivity contribution < 1.29 is 13.2 Å². The Bertz CT molecular complexity index is 532. The van der Waals surface area contributed by atoms with Crippen LogP contribution in [0, 0.1) is 0 Å². The van der Waals surface area contributed by atoms with Gasteiger partial charge in [-0.25, -0.2) is 4.98 Å². The first kappa shape index (κ1) is 17.5. The van der Waals surface area contributed by atoms with Crippen LogP contribution >= 0.6 is 0 Å². The van der Waals surface area contributed by atoms with E-state index in [4.69, 9.17) is 5.73 Å². The summed E-state index contributed by atoms with van der Waals surface area (Å²) in [4.78, 5) is 6.08. The average Bonchev–Trinajstić information content (AvgIpc) is 2.57. The predicted octanol–water partition coefficient (Wildman–Crippen LogP) is 2.93. The van der Waals surface area contributed by atoms with E-state index in [1.54, 1.807) is 0 Å². The van der Waals surface area contributed by atoms with Gasteiger partial charge in [0.05, 0.1) is 5.56 Å². The highest BCUT2D eigenvalue weighted by molar-refractivity contribution is 5.40. The molecule has 1 aromatic heterocycles. The SMILES string of the molecule is NC1CCCCC1N[C@H]1CCCN(c2ccc(C(F)(F)F)cn2)C1. The van der Waals surface area contributed by atoms with Crippen LogP contribution in [0.2, 0.25) is 0 Å².